The predicted molar refractivity (Wildman–Crippen MR) is 70.1 cm³/mol. The molecule has 1 heterocycles. The highest BCUT2D eigenvalue weighted by Crippen LogP contribution is 2.27. The molecule has 0 aliphatic rings. The molecular formula is C13H14BrNO. The number of hydrogen-bond donors (Lipinski definition) is 0. The smallest absolute Gasteiger partial charge is 0.216 e. The maximum absolute atomic E-state index is 5.29. The van der Waals surface area contributed by atoms with E-state index in [9.17, 15) is 0 Å². The SMILES string of the molecule is CCc1cc2cc(C)c(Br)cc2nc1OC. The number of hydrogen-bond acceptors (Lipinski definition) is 2. The van der Waals surface area contributed by atoms with Crippen LogP contribution in [0.25, 0.3) is 10.9 Å². The number of fused-ring (bicyclic) bond motifs is 1. The zero-order chi connectivity index (χ0) is 11.7. The Morgan fingerprint density at radius 3 is 2.69 bits per heavy atom. The van der Waals surface area contributed by atoms with Crippen LogP contribution in [0.2, 0.25) is 0 Å². The fourth-order valence-electron chi connectivity index (χ4n) is 1.77. The molecule has 0 N–H and O–H groups in total. The van der Waals surface area contributed by atoms with Gasteiger partial charge in [0, 0.05) is 15.4 Å². The number of halogens is 1. The summed E-state index contributed by atoms with van der Waals surface area (Å²) in [4.78, 5) is 4.51. The molecule has 0 saturated carbocycles. The summed E-state index contributed by atoms with van der Waals surface area (Å²) >= 11 is 3.52. The topological polar surface area (TPSA) is 22.1 Å². The fraction of sp³-hybridized carbons (Fsp3) is 0.308. The van der Waals surface area contributed by atoms with Gasteiger partial charge < -0.3 is 4.74 Å². The lowest BCUT2D eigenvalue weighted by Gasteiger charge is -2.08. The molecule has 0 aliphatic heterocycles. The standard InChI is InChI=1S/C13H14BrNO/c1-4-9-6-10-5-8(2)11(14)7-12(10)15-13(9)16-3/h5-7H,4H2,1-3H3. The third kappa shape index (κ3) is 1.92. The number of benzene rings is 1. The van der Waals surface area contributed by atoms with Gasteiger partial charge in [-0.15, -0.1) is 0 Å². The first-order valence-corrected chi connectivity index (χ1v) is 6.08. The van der Waals surface area contributed by atoms with E-state index < -0.39 is 0 Å². The lowest BCUT2D eigenvalue weighted by Crippen LogP contribution is -1.95. The van der Waals surface area contributed by atoms with Gasteiger partial charge in [0.25, 0.3) is 0 Å². The van der Waals surface area contributed by atoms with Crippen LogP contribution in [0.1, 0.15) is 18.1 Å². The molecule has 0 spiro atoms. The number of pyridine rings is 1. The molecular weight excluding hydrogens is 266 g/mol. The molecule has 0 unspecified atom stereocenters. The Hall–Kier alpha value is -1.09. The number of nitrogens with zero attached hydrogens (tertiary/aromatic N) is 1. The van der Waals surface area contributed by atoms with E-state index in [2.05, 4.69) is 46.9 Å². The van der Waals surface area contributed by atoms with Gasteiger partial charge >= 0.3 is 0 Å². The van der Waals surface area contributed by atoms with Crippen molar-refractivity contribution in [3.8, 4) is 5.88 Å². The summed E-state index contributed by atoms with van der Waals surface area (Å²) in [6.07, 6.45) is 0.932. The first-order chi connectivity index (χ1) is 7.65. The molecule has 2 nitrogen and oxygen atoms in total. The van der Waals surface area contributed by atoms with Gasteiger partial charge in [-0.2, -0.15) is 0 Å². The second kappa shape index (κ2) is 4.42. The summed E-state index contributed by atoms with van der Waals surface area (Å²) in [5, 5.41) is 1.17. The summed E-state index contributed by atoms with van der Waals surface area (Å²) in [5.74, 6) is 0.728. The van der Waals surface area contributed by atoms with Crippen LogP contribution in [0.15, 0.2) is 22.7 Å². The lowest BCUT2D eigenvalue weighted by atomic mass is 10.1. The van der Waals surface area contributed by atoms with Gasteiger partial charge in [-0.25, -0.2) is 4.98 Å². The number of rotatable bonds is 2. The minimum absolute atomic E-state index is 0.728. The molecule has 84 valence electrons. The van der Waals surface area contributed by atoms with Crippen molar-refractivity contribution in [1.82, 2.24) is 4.98 Å². The number of aryl methyl sites for hydroxylation is 2. The monoisotopic (exact) mass is 279 g/mol. The third-order valence-corrected chi connectivity index (χ3v) is 3.56. The van der Waals surface area contributed by atoms with Crippen LogP contribution in [0.5, 0.6) is 5.88 Å². The Kier molecular flexibility index (Phi) is 3.15. The van der Waals surface area contributed by atoms with Gasteiger partial charge in [0.2, 0.25) is 5.88 Å². The van der Waals surface area contributed by atoms with Crippen LogP contribution in [-0.4, -0.2) is 12.1 Å². The van der Waals surface area contributed by atoms with Gasteiger partial charge in [-0.3, -0.25) is 0 Å². The molecule has 1 aromatic heterocycles. The lowest BCUT2D eigenvalue weighted by molar-refractivity contribution is 0.395. The van der Waals surface area contributed by atoms with Crippen molar-refractivity contribution in [3.05, 3.63) is 33.8 Å². The number of methoxy groups -OCH3 is 1. The van der Waals surface area contributed by atoms with E-state index in [1.54, 1.807) is 7.11 Å². The van der Waals surface area contributed by atoms with Gasteiger partial charge in [-0.05, 0) is 37.1 Å². The van der Waals surface area contributed by atoms with Gasteiger partial charge in [-0.1, -0.05) is 22.9 Å². The van der Waals surface area contributed by atoms with E-state index in [0.29, 0.717) is 0 Å². The normalized spacial score (nSPS) is 10.8. The summed E-state index contributed by atoms with van der Waals surface area (Å²) in [5.41, 5.74) is 3.34. The Morgan fingerprint density at radius 2 is 2.06 bits per heavy atom. The van der Waals surface area contributed by atoms with Crippen molar-refractivity contribution in [2.45, 2.75) is 20.3 Å². The Balaban J connectivity index is 2.73. The largest absolute Gasteiger partial charge is 0.481 e. The molecule has 2 rings (SSSR count). The van der Waals surface area contributed by atoms with E-state index in [1.165, 1.54) is 10.9 Å². The van der Waals surface area contributed by atoms with Crippen LogP contribution >= 0.6 is 15.9 Å². The fourth-order valence-corrected chi connectivity index (χ4v) is 2.10. The van der Waals surface area contributed by atoms with E-state index >= 15 is 0 Å². The number of ether oxygens (including phenoxy) is 1. The van der Waals surface area contributed by atoms with Crippen molar-refractivity contribution in [3.63, 3.8) is 0 Å². The predicted octanol–water partition coefficient (Wildman–Crippen LogP) is 3.88. The quantitative estimate of drug-likeness (QED) is 0.833. The average Bonchev–Trinajstić information content (AvgIpc) is 2.29. The van der Waals surface area contributed by atoms with Gasteiger partial charge in [0.05, 0.1) is 12.6 Å². The molecule has 0 fully saturated rings. The summed E-state index contributed by atoms with van der Waals surface area (Å²) in [6, 6.07) is 6.33. The van der Waals surface area contributed by atoms with Crippen molar-refractivity contribution in [2.24, 2.45) is 0 Å². The molecule has 3 heteroatoms. The summed E-state index contributed by atoms with van der Waals surface area (Å²) in [7, 11) is 1.66. The molecule has 0 atom stereocenters. The zero-order valence-corrected chi connectivity index (χ0v) is 11.3. The van der Waals surface area contributed by atoms with Crippen LogP contribution < -0.4 is 4.74 Å². The molecule has 16 heavy (non-hydrogen) atoms. The number of aromatic nitrogens is 1. The maximum atomic E-state index is 5.29. The second-order valence-electron chi connectivity index (χ2n) is 3.80. The molecule has 0 saturated heterocycles. The van der Waals surface area contributed by atoms with Crippen LogP contribution in [0, 0.1) is 6.92 Å². The minimum Gasteiger partial charge on any atom is -0.481 e. The van der Waals surface area contributed by atoms with Crippen LogP contribution in [0.4, 0.5) is 0 Å². The Bertz CT molecular complexity index is 488. The highest BCUT2D eigenvalue weighted by Gasteiger charge is 2.07. The molecule has 0 bridgehead atoms. The third-order valence-electron chi connectivity index (χ3n) is 2.71. The highest BCUT2D eigenvalue weighted by molar-refractivity contribution is 9.10. The first-order valence-electron chi connectivity index (χ1n) is 5.29. The van der Waals surface area contributed by atoms with Gasteiger partial charge in [0.15, 0.2) is 0 Å². The second-order valence-corrected chi connectivity index (χ2v) is 4.66. The maximum Gasteiger partial charge on any atom is 0.216 e. The van der Waals surface area contributed by atoms with Crippen molar-refractivity contribution < 1.29 is 4.74 Å². The molecule has 1 aromatic carbocycles. The molecule has 0 radical (unpaired) electrons. The average molecular weight is 280 g/mol. The zero-order valence-electron chi connectivity index (χ0n) is 9.67. The van der Waals surface area contributed by atoms with E-state index in [4.69, 9.17) is 4.74 Å². The highest BCUT2D eigenvalue weighted by atomic mass is 79.9. The van der Waals surface area contributed by atoms with Crippen molar-refractivity contribution in [1.29, 1.82) is 0 Å². The van der Waals surface area contributed by atoms with E-state index in [0.717, 1.165) is 27.9 Å². The summed E-state index contributed by atoms with van der Waals surface area (Å²) in [6.45, 7) is 4.19. The van der Waals surface area contributed by atoms with Crippen molar-refractivity contribution in [2.75, 3.05) is 7.11 Å². The van der Waals surface area contributed by atoms with Crippen LogP contribution in [0.3, 0.4) is 0 Å². The molecule has 2 aromatic rings. The Morgan fingerprint density at radius 1 is 1.31 bits per heavy atom. The minimum atomic E-state index is 0.728. The Labute approximate surface area is 104 Å². The van der Waals surface area contributed by atoms with Gasteiger partial charge in [0.1, 0.15) is 0 Å². The van der Waals surface area contributed by atoms with Crippen LogP contribution in [-0.2, 0) is 6.42 Å². The summed E-state index contributed by atoms with van der Waals surface area (Å²) < 4.78 is 6.37. The van der Waals surface area contributed by atoms with Crippen molar-refractivity contribution >= 4 is 26.8 Å². The first kappa shape index (κ1) is 11.4. The molecule has 0 amide bonds. The molecule has 0 aliphatic carbocycles. The van der Waals surface area contributed by atoms with E-state index in [-0.39, 0.29) is 0 Å². The van der Waals surface area contributed by atoms with E-state index in [1.807, 2.05) is 6.07 Å².